The molecular formula is C19H26N4O2. The van der Waals surface area contributed by atoms with Crippen LogP contribution in [0.4, 0.5) is 5.82 Å². The minimum absolute atomic E-state index is 0.00663. The number of hydrogen-bond acceptors (Lipinski definition) is 4. The molecule has 1 aliphatic heterocycles. The van der Waals surface area contributed by atoms with Crippen molar-refractivity contribution < 1.29 is 9.53 Å². The summed E-state index contributed by atoms with van der Waals surface area (Å²) in [6.45, 7) is 6.04. The first kappa shape index (κ1) is 17.6. The first-order valence-corrected chi connectivity index (χ1v) is 8.75. The quantitative estimate of drug-likeness (QED) is 0.838. The van der Waals surface area contributed by atoms with Crippen molar-refractivity contribution in [3.8, 4) is 0 Å². The van der Waals surface area contributed by atoms with Gasteiger partial charge >= 0.3 is 0 Å². The SMILES string of the molecule is COCCn1ccc(NC(=O)[C@@H]2CN(Cc3ccccc3)C[C@H]2C)n1. The van der Waals surface area contributed by atoms with E-state index in [1.807, 2.05) is 18.3 Å². The summed E-state index contributed by atoms with van der Waals surface area (Å²) in [7, 11) is 1.66. The van der Waals surface area contributed by atoms with Crippen LogP contribution in [0.5, 0.6) is 0 Å². The molecule has 3 rings (SSSR count). The highest BCUT2D eigenvalue weighted by Crippen LogP contribution is 2.25. The standard InChI is InChI=1S/C19H26N4O2/c1-15-12-22(13-16-6-4-3-5-7-16)14-17(15)19(24)20-18-8-9-23(21-18)10-11-25-2/h3-9,15,17H,10-14H2,1-2H3,(H,20,21,24)/t15-,17-/m1/s1. The normalized spacial score (nSPS) is 20.7. The molecule has 0 radical (unpaired) electrons. The first-order chi connectivity index (χ1) is 12.2. The highest BCUT2D eigenvalue weighted by molar-refractivity contribution is 5.92. The summed E-state index contributed by atoms with van der Waals surface area (Å²) in [4.78, 5) is 15.0. The van der Waals surface area contributed by atoms with Gasteiger partial charge < -0.3 is 10.1 Å². The lowest BCUT2D eigenvalue weighted by molar-refractivity contribution is -0.120. The molecule has 2 aromatic rings. The predicted molar refractivity (Wildman–Crippen MR) is 97.1 cm³/mol. The minimum Gasteiger partial charge on any atom is -0.383 e. The smallest absolute Gasteiger partial charge is 0.230 e. The van der Waals surface area contributed by atoms with Gasteiger partial charge in [-0.1, -0.05) is 37.3 Å². The molecule has 25 heavy (non-hydrogen) atoms. The van der Waals surface area contributed by atoms with Gasteiger partial charge in [-0.05, 0) is 11.5 Å². The summed E-state index contributed by atoms with van der Waals surface area (Å²) in [5, 5.41) is 7.32. The molecule has 0 unspecified atom stereocenters. The van der Waals surface area contributed by atoms with E-state index in [0.717, 1.165) is 19.6 Å². The molecule has 2 heterocycles. The fraction of sp³-hybridized carbons (Fsp3) is 0.474. The van der Waals surface area contributed by atoms with Crippen LogP contribution in [0.1, 0.15) is 12.5 Å². The van der Waals surface area contributed by atoms with Gasteiger partial charge in [0, 0.05) is 39.0 Å². The average molecular weight is 342 g/mol. The van der Waals surface area contributed by atoms with Gasteiger partial charge in [0.15, 0.2) is 5.82 Å². The van der Waals surface area contributed by atoms with Gasteiger partial charge in [-0.2, -0.15) is 5.10 Å². The Morgan fingerprint density at radius 3 is 2.84 bits per heavy atom. The van der Waals surface area contributed by atoms with Crippen LogP contribution in [0.25, 0.3) is 0 Å². The average Bonchev–Trinajstić information content (AvgIpc) is 3.20. The molecule has 6 heteroatoms. The van der Waals surface area contributed by atoms with Crippen LogP contribution in [-0.4, -0.2) is 47.4 Å². The van der Waals surface area contributed by atoms with Gasteiger partial charge in [0.2, 0.25) is 5.91 Å². The Morgan fingerprint density at radius 2 is 2.08 bits per heavy atom. The minimum atomic E-state index is -0.00663. The van der Waals surface area contributed by atoms with Gasteiger partial charge in [-0.3, -0.25) is 14.4 Å². The molecule has 1 aromatic heterocycles. The van der Waals surface area contributed by atoms with E-state index in [1.54, 1.807) is 11.8 Å². The number of likely N-dealkylation sites (tertiary alicyclic amines) is 1. The van der Waals surface area contributed by atoms with Gasteiger partial charge in [0.05, 0.1) is 19.1 Å². The number of hydrogen-bond donors (Lipinski definition) is 1. The van der Waals surface area contributed by atoms with Crippen LogP contribution in [0, 0.1) is 11.8 Å². The first-order valence-electron chi connectivity index (χ1n) is 8.75. The van der Waals surface area contributed by atoms with E-state index in [-0.39, 0.29) is 11.8 Å². The Morgan fingerprint density at radius 1 is 1.28 bits per heavy atom. The zero-order chi connectivity index (χ0) is 17.6. The van der Waals surface area contributed by atoms with Gasteiger partial charge in [0.1, 0.15) is 0 Å². The van der Waals surface area contributed by atoms with Crippen LogP contribution in [0.2, 0.25) is 0 Å². The monoisotopic (exact) mass is 342 g/mol. The van der Waals surface area contributed by atoms with E-state index in [4.69, 9.17) is 4.74 Å². The molecule has 6 nitrogen and oxygen atoms in total. The lowest BCUT2D eigenvalue weighted by atomic mass is 9.97. The van der Waals surface area contributed by atoms with E-state index in [0.29, 0.717) is 24.9 Å². The molecule has 1 aliphatic rings. The van der Waals surface area contributed by atoms with Crippen molar-refractivity contribution in [1.29, 1.82) is 0 Å². The van der Waals surface area contributed by atoms with E-state index in [9.17, 15) is 4.79 Å². The molecule has 0 spiro atoms. The number of aromatic nitrogens is 2. The molecule has 1 fully saturated rings. The summed E-state index contributed by atoms with van der Waals surface area (Å²) in [6.07, 6.45) is 1.86. The van der Waals surface area contributed by atoms with Crippen LogP contribution < -0.4 is 5.32 Å². The van der Waals surface area contributed by atoms with Crippen LogP contribution >= 0.6 is 0 Å². The maximum atomic E-state index is 12.6. The number of carbonyl (C=O) groups is 1. The Labute approximate surface area is 148 Å². The zero-order valence-electron chi connectivity index (χ0n) is 14.9. The van der Waals surface area contributed by atoms with E-state index in [1.165, 1.54) is 5.56 Å². The predicted octanol–water partition coefficient (Wildman–Crippen LogP) is 2.24. The summed E-state index contributed by atoms with van der Waals surface area (Å²) >= 11 is 0. The lowest BCUT2D eigenvalue weighted by Crippen LogP contribution is -2.28. The number of nitrogens with zero attached hydrogens (tertiary/aromatic N) is 3. The molecule has 0 bridgehead atoms. The molecule has 1 N–H and O–H groups in total. The maximum absolute atomic E-state index is 12.6. The number of methoxy groups -OCH3 is 1. The molecule has 1 aromatic carbocycles. The number of nitrogens with one attached hydrogen (secondary N) is 1. The Kier molecular flexibility index (Phi) is 5.83. The number of benzene rings is 1. The molecule has 134 valence electrons. The molecule has 0 aliphatic carbocycles. The van der Waals surface area contributed by atoms with Crippen molar-refractivity contribution in [2.45, 2.75) is 20.0 Å². The fourth-order valence-electron chi connectivity index (χ4n) is 3.34. The largest absolute Gasteiger partial charge is 0.383 e. The molecule has 0 saturated carbocycles. The van der Waals surface area contributed by atoms with Crippen molar-refractivity contribution in [2.75, 3.05) is 32.1 Å². The topological polar surface area (TPSA) is 59.4 Å². The fourth-order valence-corrected chi connectivity index (χ4v) is 3.34. The van der Waals surface area contributed by atoms with Gasteiger partial charge in [-0.25, -0.2) is 0 Å². The third kappa shape index (κ3) is 4.67. The second-order valence-electron chi connectivity index (χ2n) is 6.71. The Balaban J connectivity index is 1.54. The molecular weight excluding hydrogens is 316 g/mol. The second kappa shape index (κ2) is 8.27. The van der Waals surface area contributed by atoms with Crippen LogP contribution in [-0.2, 0) is 22.6 Å². The Hall–Kier alpha value is -2.18. The summed E-state index contributed by atoms with van der Waals surface area (Å²) < 4.78 is 6.82. The summed E-state index contributed by atoms with van der Waals surface area (Å²) in [6, 6.07) is 12.2. The maximum Gasteiger partial charge on any atom is 0.230 e. The van der Waals surface area contributed by atoms with E-state index in [2.05, 4.69) is 46.5 Å². The molecule has 1 saturated heterocycles. The molecule has 1 amide bonds. The summed E-state index contributed by atoms with van der Waals surface area (Å²) in [5.74, 6) is 0.988. The highest BCUT2D eigenvalue weighted by Gasteiger charge is 2.34. The van der Waals surface area contributed by atoms with Crippen LogP contribution in [0.3, 0.4) is 0 Å². The highest BCUT2D eigenvalue weighted by atomic mass is 16.5. The zero-order valence-corrected chi connectivity index (χ0v) is 14.9. The van der Waals surface area contributed by atoms with Crippen molar-refractivity contribution in [1.82, 2.24) is 14.7 Å². The van der Waals surface area contributed by atoms with Crippen molar-refractivity contribution in [3.63, 3.8) is 0 Å². The third-order valence-corrected chi connectivity index (χ3v) is 4.69. The Bertz CT molecular complexity index is 686. The molecule has 2 atom stereocenters. The number of carbonyl (C=O) groups excluding carboxylic acids is 1. The lowest BCUT2D eigenvalue weighted by Gasteiger charge is -2.15. The second-order valence-corrected chi connectivity index (χ2v) is 6.71. The van der Waals surface area contributed by atoms with Gasteiger partial charge in [-0.15, -0.1) is 0 Å². The number of amides is 1. The van der Waals surface area contributed by atoms with Gasteiger partial charge in [0.25, 0.3) is 0 Å². The van der Waals surface area contributed by atoms with Crippen LogP contribution in [0.15, 0.2) is 42.6 Å². The van der Waals surface area contributed by atoms with Crippen molar-refractivity contribution in [2.24, 2.45) is 11.8 Å². The number of rotatable bonds is 7. The van der Waals surface area contributed by atoms with Crippen molar-refractivity contribution >= 4 is 11.7 Å². The van der Waals surface area contributed by atoms with Crippen molar-refractivity contribution in [3.05, 3.63) is 48.2 Å². The van der Waals surface area contributed by atoms with E-state index >= 15 is 0 Å². The third-order valence-electron chi connectivity index (χ3n) is 4.69. The number of ether oxygens (including phenoxy) is 1. The van der Waals surface area contributed by atoms with E-state index < -0.39 is 0 Å². The number of anilines is 1. The summed E-state index contributed by atoms with van der Waals surface area (Å²) in [5.41, 5.74) is 1.28.